The molecule has 0 saturated carbocycles. The van der Waals surface area contributed by atoms with Crippen LogP contribution in [0.15, 0.2) is 39.8 Å². The van der Waals surface area contributed by atoms with Crippen LogP contribution in [0, 0.1) is 0 Å². The first-order valence-electron chi connectivity index (χ1n) is 7.12. The van der Waals surface area contributed by atoms with Crippen LogP contribution < -0.4 is 15.8 Å². The van der Waals surface area contributed by atoms with Crippen molar-refractivity contribution in [2.75, 3.05) is 31.0 Å². The summed E-state index contributed by atoms with van der Waals surface area (Å²) in [7, 11) is -2.20. The first-order chi connectivity index (χ1) is 11.8. The molecular formula is C14H18BrN5O4S. The van der Waals surface area contributed by atoms with Crippen molar-refractivity contribution in [2.24, 2.45) is 5.14 Å². The number of ether oxygens (including phenoxy) is 1. The molecule has 2 aromatic rings. The van der Waals surface area contributed by atoms with E-state index in [9.17, 15) is 13.5 Å². The number of hydrogen-bond acceptors (Lipinski definition) is 8. The number of methoxy groups -OCH3 is 1. The van der Waals surface area contributed by atoms with Gasteiger partial charge in [0.25, 0.3) is 0 Å². The molecule has 0 aliphatic heterocycles. The highest BCUT2D eigenvalue weighted by Crippen LogP contribution is 2.23. The summed E-state index contributed by atoms with van der Waals surface area (Å²) in [5.74, 6) is 0.776. The van der Waals surface area contributed by atoms with Crippen LogP contribution in [0.25, 0.3) is 0 Å². The van der Waals surface area contributed by atoms with Crippen molar-refractivity contribution in [1.29, 1.82) is 0 Å². The van der Waals surface area contributed by atoms with Crippen LogP contribution in [0.4, 0.5) is 17.5 Å². The maximum atomic E-state index is 11.3. The molecular weight excluding hydrogens is 414 g/mol. The largest absolute Gasteiger partial charge is 0.394 e. The van der Waals surface area contributed by atoms with Crippen LogP contribution in [-0.4, -0.2) is 49.9 Å². The normalized spacial score (nSPS) is 12.6. The van der Waals surface area contributed by atoms with E-state index in [0.717, 1.165) is 0 Å². The average molecular weight is 432 g/mol. The summed E-state index contributed by atoms with van der Waals surface area (Å²) in [6.45, 7) is 0.187. The highest BCUT2D eigenvalue weighted by atomic mass is 79.9. The number of rotatable bonds is 8. The minimum absolute atomic E-state index is 0.0162. The second kappa shape index (κ2) is 8.54. The van der Waals surface area contributed by atoms with E-state index in [0.29, 0.717) is 28.5 Å². The topological polar surface area (TPSA) is 139 Å². The third-order valence-electron chi connectivity index (χ3n) is 3.11. The second-order valence-corrected chi connectivity index (χ2v) is 7.48. The second-order valence-electron chi connectivity index (χ2n) is 5.06. The summed E-state index contributed by atoms with van der Waals surface area (Å²) in [4.78, 5) is 8.47. The molecule has 0 radical (unpaired) electrons. The fourth-order valence-corrected chi connectivity index (χ4v) is 2.74. The Morgan fingerprint density at radius 3 is 2.60 bits per heavy atom. The van der Waals surface area contributed by atoms with Gasteiger partial charge in [0.15, 0.2) is 0 Å². The molecule has 136 valence electrons. The van der Waals surface area contributed by atoms with Gasteiger partial charge in [-0.05, 0) is 40.2 Å². The van der Waals surface area contributed by atoms with Gasteiger partial charge in [0.2, 0.25) is 16.0 Å². The minimum atomic E-state index is -3.74. The third kappa shape index (κ3) is 5.61. The van der Waals surface area contributed by atoms with Gasteiger partial charge in [0.05, 0.1) is 28.6 Å². The number of halogens is 1. The van der Waals surface area contributed by atoms with E-state index < -0.39 is 10.0 Å². The number of hydrogen-bond donors (Lipinski definition) is 4. The van der Waals surface area contributed by atoms with Gasteiger partial charge in [-0.2, -0.15) is 4.98 Å². The molecule has 1 aromatic heterocycles. The first-order valence-corrected chi connectivity index (χ1v) is 9.46. The van der Waals surface area contributed by atoms with Crippen LogP contribution in [0.2, 0.25) is 0 Å². The van der Waals surface area contributed by atoms with Gasteiger partial charge >= 0.3 is 0 Å². The Morgan fingerprint density at radius 1 is 1.36 bits per heavy atom. The molecule has 5 N–H and O–H groups in total. The van der Waals surface area contributed by atoms with Gasteiger partial charge in [0, 0.05) is 19.0 Å². The maximum Gasteiger partial charge on any atom is 0.238 e. The molecule has 11 heteroatoms. The highest BCUT2D eigenvalue weighted by Gasteiger charge is 2.12. The van der Waals surface area contributed by atoms with E-state index in [1.165, 1.54) is 19.2 Å². The molecule has 0 bridgehead atoms. The Balaban J connectivity index is 2.16. The first kappa shape index (κ1) is 19.5. The Hall–Kier alpha value is -1.79. The van der Waals surface area contributed by atoms with Crippen molar-refractivity contribution in [3.05, 3.63) is 34.9 Å². The number of aromatic nitrogens is 2. The quantitative estimate of drug-likeness (QED) is 0.486. The van der Waals surface area contributed by atoms with Crippen LogP contribution in [0.3, 0.4) is 0 Å². The van der Waals surface area contributed by atoms with Crippen LogP contribution in [0.5, 0.6) is 0 Å². The van der Waals surface area contributed by atoms with Crippen LogP contribution in [-0.2, 0) is 14.8 Å². The molecule has 0 aliphatic rings. The highest BCUT2D eigenvalue weighted by molar-refractivity contribution is 9.10. The molecule has 2 rings (SSSR count). The summed E-state index contributed by atoms with van der Waals surface area (Å²) >= 11 is 3.34. The van der Waals surface area contributed by atoms with Gasteiger partial charge in [-0.15, -0.1) is 0 Å². The van der Waals surface area contributed by atoms with Crippen molar-refractivity contribution in [3.8, 4) is 0 Å². The van der Waals surface area contributed by atoms with Gasteiger partial charge in [0.1, 0.15) is 5.82 Å². The fourth-order valence-electron chi connectivity index (χ4n) is 1.92. The number of primary sulfonamides is 1. The summed E-state index contributed by atoms with van der Waals surface area (Å²) in [6.07, 6.45) is 1.55. The number of nitrogens with zero attached hydrogens (tertiary/aromatic N) is 2. The lowest BCUT2D eigenvalue weighted by Gasteiger charge is -2.17. The Morgan fingerprint density at radius 2 is 2.04 bits per heavy atom. The Kier molecular flexibility index (Phi) is 6.67. The number of benzene rings is 1. The number of aliphatic hydroxyl groups is 1. The van der Waals surface area contributed by atoms with Gasteiger partial charge in [-0.3, -0.25) is 0 Å². The van der Waals surface area contributed by atoms with Crippen molar-refractivity contribution >= 4 is 43.4 Å². The maximum absolute atomic E-state index is 11.3. The number of nitrogens with two attached hydrogens (primary N) is 1. The predicted molar refractivity (Wildman–Crippen MR) is 97.2 cm³/mol. The third-order valence-corrected chi connectivity index (χ3v) is 4.62. The minimum Gasteiger partial charge on any atom is -0.394 e. The van der Waals surface area contributed by atoms with E-state index in [1.54, 1.807) is 18.3 Å². The molecule has 1 heterocycles. The molecule has 1 unspecified atom stereocenters. The van der Waals surface area contributed by atoms with Crippen LogP contribution in [0.1, 0.15) is 0 Å². The van der Waals surface area contributed by atoms with E-state index in [1.807, 2.05) is 0 Å². The molecule has 0 amide bonds. The fraction of sp³-hybridized carbons (Fsp3) is 0.286. The lowest BCUT2D eigenvalue weighted by atomic mass is 10.3. The van der Waals surface area contributed by atoms with Gasteiger partial charge in [-0.25, -0.2) is 18.5 Å². The summed E-state index contributed by atoms with van der Waals surface area (Å²) in [6, 6.07) is 5.56. The molecule has 0 aliphatic carbocycles. The summed E-state index contributed by atoms with van der Waals surface area (Å²) < 4.78 is 28.2. The number of sulfonamides is 1. The zero-order valence-corrected chi connectivity index (χ0v) is 15.7. The van der Waals surface area contributed by atoms with Gasteiger partial charge < -0.3 is 20.5 Å². The number of anilines is 3. The molecule has 25 heavy (non-hydrogen) atoms. The zero-order chi connectivity index (χ0) is 18.4. The average Bonchev–Trinajstić information content (AvgIpc) is 2.57. The predicted octanol–water partition coefficient (Wildman–Crippen LogP) is 1.05. The standard InChI is InChI=1S/C14H18BrN5O4S/c1-24-8-10(7-21)18-13-12(15)6-17-14(20-13)19-9-2-4-11(5-3-9)25(16,22)23/h2-6,10,21H,7-8H2,1H3,(H2,16,22,23)(H2,17,18,19,20). The van der Waals surface area contributed by atoms with Gasteiger partial charge in [-0.1, -0.05) is 0 Å². The zero-order valence-electron chi connectivity index (χ0n) is 13.3. The molecule has 0 spiro atoms. The van der Waals surface area contributed by atoms with Crippen molar-refractivity contribution in [1.82, 2.24) is 9.97 Å². The van der Waals surface area contributed by atoms with E-state index >= 15 is 0 Å². The number of nitrogens with one attached hydrogen (secondary N) is 2. The smallest absolute Gasteiger partial charge is 0.238 e. The van der Waals surface area contributed by atoms with E-state index in [-0.39, 0.29) is 17.5 Å². The summed E-state index contributed by atoms with van der Waals surface area (Å²) in [5, 5.41) is 20.4. The molecule has 0 fully saturated rings. The van der Waals surface area contributed by atoms with Crippen molar-refractivity contribution in [2.45, 2.75) is 10.9 Å². The Bertz CT molecular complexity index is 816. The summed E-state index contributed by atoms with van der Waals surface area (Å²) in [5.41, 5.74) is 0.594. The Labute approximate surface area is 153 Å². The van der Waals surface area contributed by atoms with Crippen molar-refractivity contribution in [3.63, 3.8) is 0 Å². The van der Waals surface area contributed by atoms with Crippen LogP contribution >= 0.6 is 15.9 Å². The lowest BCUT2D eigenvalue weighted by molar-refractivity contribution is 0.153. The molecule has 1 aromatic carbocycles. The van der Waals surface area contributed by atoms with Crippen molar-refractivity contribution < 1.29 is 18.3 Å². The molecule has 1 atom stereocenters. The SMILES string of the molecule is COCC(CO)Nc1nc(Nc2ccc(S(N)(=O)=O)cc2)ncc1Br. The lowest BCUT2D eigenvalue weighted by Crippen LogP contribution is -2.29. The molecule has 0 saturated heterocycles. The van der Waals surface area contributed by atoms with E-state index in [2.05, 4.69) is 36.5 Å². The number of aliphatic hydroxyl groups excluding tert-OH is 1. The van der Waals surface area contributed by atoms with E-state index in [4.69, 9.17) is 9.88 Å². The molecule has 9 nitrogen and oxygen atoms in total. The monoisotopic (exact) mass is 431 g/mol.